The Kier molecular flexibility index (Phi) is 3.66. The van der Waals surface area contributed by atoms with Crippen molar-refractivity contribution in [2.24, 2.45) is 0 Å². The van der Waals surface area contributed by atoms with Gasteiger partial charge in [0.15, 0.2) is 0 Å². The van der Waals surface area contributed by atoms with Crippen LogP contribution >= 0.6 is 15.9 Å². The van der Waals surface area contributed by atoms with Crippen LogP contribution in [0.15, 0.2) is 22.7 Å². The number of carbonyl (C=O) groups excluding carboxylic acids is 1. The predicted octanol–water partition coefficient (Wildman–Crippen LogP) is 2.08. The lowest BCUT2D eigenvalue weighted by atomic mass is 10.2. The van der Waals surface area contributed by atoms with Gasteiger partial charge >= 0.3 is 0 Å². The number of aliphatic hydroxyl groups is 1. The minimum atomic E-state index is -0.997. The highest BCUT2D eigenvalue weighted by Gasteiger charge is 2.10. The van der Waals surface area contributed by atoms with Gasteiger partial charge in [0.2, 0.25) is 0 Å². The van der Waals surface area contributed by atoms with Crippen LogP contribution in [0.25, 0.3) is 0 Å². The number of nitrogens with one attached hydrogen (secondary N) is 1. The molecule has 0 heterocycles. The number of hydrogen-bond donors (Lipinski definition) is 2. The fourth-order valence-corrected chi connectivity index (χ4v) is 1.55. The maximum Gasteiger partial charge on any atom is 0.252 e. The van der Waals surface area contributed by atoms with E-state index in [2.05, 4.69) is 21.2 Å². The molecule has 0 aliphatic carbocycles. The number of hydrogen-bond acceptors (Lipinski definition) is 2. The second-order valence-corrected chi connectivity index (χ2v) is 4.00. The summed E-state index contributed by atoms with van der Waals surface area (Å²) in [5.41, 5.74) is 1.77. The van der Waals surface area contributed by atoms with E-state index in [9.17, 15) is 4.79 Å². The largest absolute Gasteiger partial charge is 0.384 e. The summed E-state index contributed by atoms with van der Waals surface area (Å²) in [6, 6.07) is 5.58. The molecule has 1 amide bonds. The molecular formula is C10H12BrNO2. The van der Waals surface area contributed by atoms with Gasteiger partial charge in [0.05, 0.1) is 5.69 Å². The highest BCUT2D eigenvalue weighted by atomic mass is 79.9. The van der Waals surface area contributed by atoms with Crippen molar-refractivity contribution >= 4 is 27.5 Å². The second kappa shape index (κ2) is 4.57. The van der Waals surface area contributed by atoms with Crippen molar-refractivity contribution in [3.63, 3.8) is 0 Å². The first-order valence-electron chi connectivity index (χ1n) is 4.26. The maximum atomic E-state index is 11.2. The second-order valence-electron chi connectivity index (χ2n) is 3.15. The maximum absolute atomic E-state index is 11.2. The van der Waals surface area contributed by atoms with Crippen LogP contribution in [0.2, 0.25) is 0 Å². The molecule has 0 aliphatic rings. The summed E-state index contributed by atoms with van der Waals surface area (Å²) >= 11 is 3.33. The van der Waals surface area contributed by atoms with E-state index in [1.54, 1.807) is 6.07 Å². The molecule has 0 aromatic heterocycles. The SMILES string of the molecule is Cc1ccc(NC(=O)C(C)O)c(Br)c1. The molecule has 1 aromatic rings. The third kappa shape index (κ3) is 2.82. The van der Waals surface area contributed by atoms with Gasteiger partial charge in [-0.2, -0.15) is 0 Å². The molecule has 0 saturated carbocycles. The smallest absolute Gasteiger partial charge is 0.252 e. The molecule has 1 rings (SSSR count). The van der Waals surface area contributed by atoms with Crippen molar-refractivity contribution in [2.75, 3.05) is 5.32 Å². The topological polar surface area (TPSA) is 49.3 Å². The summed E-state index contributed by atoms with van der Waals surface area (Å²) in [6.45, 7) is 3.39. The molecule has 0 spiro atoms. The zero-order chi connectivity index (χ0) is 10.7. The van der Waals surface area contributed by atoms with Crippen LogP contribution < -0.4 is 5.32 Å². The van der Waals surface area contributed by atoms with Crippen LogP contribution in [0.3, 0.4) is 0 Å². The number of halogens is 1. The molecule has 4 heteroatoms. The third-order valence-corrected chi connectivity index (χ3v) is 2.42. The molecule has 14 heavy (non-hydrogen) atoms. The molecule has 0 aliphatic heterocycles. The summed E-state index contributed by atoms with van der Waals surface area (Å²) < 4.78 is 0.812. The number of rotatable bonds is 2. The Hall–Kier alpha value is -0.870. The van der Waals surface area contributed by atoms with Crippen molar-refractivity contribution in [2.45, 2.75) is 20.0 Å². The highest BCUT2D eigenvalue weighted by Crippen LogP contribution is 2.23. The minimum absolute atomic E-state index is 0.408. The molecular weight excluding hydrogens is 246 g/mol. The van der Waals surface area contributed by atoms with E-state index in [1.807, 2.05) is 19.1 Å². The van der Waals surface area contributed by atoms with Crippen LogP contribution in [-0.4, -0.2) is 17.1 Å². The minimum Gasteiger partial charge on any atom is -0.384 e. The van der Waals surface area contributed by atoms with E-state index >= 15 is 0 Å². The molecule has 0 saturated heterocycles. The molecule has 0 fully saturated rings. The van der Waals surface area contributed by atoms with E-state index in [0.29, 0.717) is 5.69 Å². The van der Waals surface area contributed by atoms with E-state index in [0.717, 1.165) is 10.0 Å². The zero-order valence-corrected chi connectivity index (χ0v) is 9.63. The van der Waals surface area contributed by atoms with Gasteiger partial charge in [-0.15, -0.1) is 0 Å². The number of benzene rings is 1. The van der Waals surface area contributed by atoms with Crippen molar-refractivity contribution in [1.29, 1.82) is 0 Å². The monoisotopic (exact) mass is 257 g/mol. The van der Waals surface area contributed by atoms with Gasteiger partial charge in [-0.05, 0) is 47.5 Å². The van der Waals surface area contributed by atoms with Gasteiger partial charge in [0, 0.05) is 4.47 Å². The zero-order valence-electron chi connectivity index (χ0n) is 8.04. The fraction of sp³-hybridized carbons (Fsp3) is 0.300. The van der Waals surface area contributed by atoms with Crippen LogP contribution in [-0.2, 0) is 4.79 Å². The van der Waals surface area contributed by atoms with Crippen LogP contribution in [0.4, 0.5) is 5.69 Å². The first-order chi connectivity index (χ1) is 6.50. The van der Waals surface area contributed by atoms with E-state index < -0.39 is 12.0 Å². The number of aryl methyl sites for hydroxylation is 1. The highest BCUT2D eigenvalue weighted by molar-refractivity contribution is 9.10. The third-order valence-electron chi connectivity index (χ3n) is 1.76. The Bertz CT molecular complexity index is 350. The average molecular weight is 258 g/mol. The van der Waals surface area contributed by atoms with Crippen molar-refractivity contribution in [1.82, 2.24) is 0 Å². The summed E-state index contributed by atoms with van der Waals surface area (Å²) in [6.07, 6.45) is -0.997. The summed E-state index contributed by atoms with van der Waals surface area (Å²) in [5.74, 6) is -0.408. The molecule has 76 valence electrons. The Morgan fingerprint density at radius 2 is 2.21 bits per heavy atom. The predicted molar refractivity (Wildman–Crippen MR) is 59.2 cm³/mol. The average Bonchev–Trinajstić information content (AvgIpc) is 2.09. The Morgan fingerprint density at radius 3 is 2.71 bits per heavy atom. The van der Waals surface area contributed by atoms with Gasteiger partial charge in [0.25, 0.3) is 5.91 Å². The lowest BCUT2D eigenvalue weighted by Gasteiger charge is -2.09. The van der Waals surface area contributed by atoms with Crippen LogP contribution in [0.5, 0.6) is 0 Å². The quantitative estimate of drug-likeness (QED) is 0.853. The standard InChI is InChI=1S/C10H12BrNO2/c1-6-3-4-9(8(11)5-6)12-10(14)7(2)13/h3-5,7,13H,1-2H3,(H,12,14). The number of anilines is 1. The first-order valence-corrected chi connectivity index (χ1v) is 5.05. The molecule has 1 unspecified atom stereocenters. The number of carbonyl (C=O) groups is 1. The summed E-state index contributed by atoms with van der Waals surface area (Å²) in [4.78, 5) is 11.2. The van der Waals surface area contributed by atoms with E-state index in [-0.39, 0.29) is 0 Å². The van der Waals surface area contributed by atoms with Crippen LogP contribution in [0, 0.1) is 6.92 Å². The van der Waals surface area contributed by atoms with Crippen LogP contribution in [0.1, 0.15) is 12.5 Å². The Labute approximate surface area is 91.3 Å². The molecule has 1 aromatic carbocycles. The van der Waals surface area contributed by atoms with E-state index in [4.69, 9.17) is 5.11 Å². The van der Waals surface area contributed by atoms with Gasteiger partial charge < -0.3 is 10.4 Å². The van der Waals surface area contributed by atoms with Gasteiger partial charge in [-0.25, -0.2) is 0 Å². The normalized spacial score (nSPS) is 12.3. The van der Waals surface area contributed by atoms with E-state index in [1.165, 1.54) is 6.92 Å². The number of amides is 1. The van der Waals surface area contributed by atoms with Crippen molar-refractivity contribution in [3.8, 4) is 0 Å². The first kappa shape index (κ1) is 11.2. The van der Waals surface area contributed by atoms with Crippen molar-refractivity contribution in [3.05, 3.63) is 28.2 Å². The van der Waals surface area contributed by atoms with Gasteiger partial charge in [0.1, 0.15) is 6.10 Å². The molecule has 0 bridgehead atoms. The lowest BCUT2D eigenvalue weighted by Crippen LogP contribution is -2.24. The van der Waals surface area contributed by atoms with Crippen molar-refractivity contribution < 1.29 is 9.90 Å². The van der Waals surface area contributed by atoms with Gasteiger partial charge in [-0.3, -0.25) is 4.79 Å². The fourth-order valence-electron chi connectivity index (χ4n) is 0.959. The molecule has 3 nitrogen and oxygen atoms in total. The molecule has 2 N–H and O–H groups in total. The molecule has 0 radical (unpaired) electrons. The summed E-state index contributed by atoms with van der Waals surface area (Å²) in [5, 5.41) is 11.6. The lowest BCUT2D eigenvalue weighted by molar-refractivity contribution is -0.123. The molecule has 1 atom stereocenters. The Morgan fingerprint density at radius 1 is 1.57 bits per heavy atom. The number of aliphatic hydroxyl groups excluding tert-OH is 1. The Balaban J connectivity index is 2.82. The van der Waals surface area contributed by atoms with Gasteiger partial charge in [-0.1, -0.05) is 6.07 Å². The summed E-state index contributed by atoms with van der Waals surface area (Å²) in [7, 11) is 0.